The molecule has 3 aromatic heterocycles. The molecule has 1 fully saturated rings. The van der Waals surface area contributed by atoms with Crippen LogP contribution in [-0.2, 0) is 11.4 Å². The van der Waals surface area contributed by atoms with Gasteiger partial charge in [-0.1, -0.05) is 24.4 Å². The van der Waals surface area contributed by atoms with Crippen LogP contribution in [-0.4, -0.2) is 43.3 Å². The average Bonchev–Trinajstić information content (AvgIpc) is 3.11. The second-order valence-electron chi connectivity index (χ2n) is 7.25. The van der Waals surface area contributed by atoms with E-state index in [-0.39, 0.29) is 17.8 Å². The summed E-state index contributed by atoms with van der Waals surface area (Å²) in [6, 6.07) is 1.92. The second kappa shape index (κ2) is 8.83. The Hall–Kier alpha value is -1.94. The molecule has 10 heteroatoms. The topological polar surface area (TPSA) is 102 Å². The van der Waals surface area contributed by atoms with Crippen LogP contribution < -0.4 is 10.0 Å². The Bertz CT molecular complexity index is 1000. The van der Waals surface area contributed by atoms with E-state index >= 15 is 0 Å². The van der Waals surface area contributed by atoms with Gasteiger partial charge in [0.15, 0.2) is 17.5 Å². The second-order valence-corrected chi connectivity index (χ2v) is 8.83. The molecule has 1 saturated carbocycles. The van der Waals surface area contributed by atoms with E-state index in [0.29, 0.717) is 28.6 Å². The first kappa shape index (κ1) is 20.3. The van der Waals surface area contributed by atoms with E-state index in [2.05, 4.69) is 30.0 Å². The van der Waals surface area contributed by atoms with E-state index in [4.69, 9.17) is 11.6 Å². The smallest absolute Gasteiger partial charge is 0.183 e. The normalized spacial score (nSPS) is 20.7. The molecule has 0 aromatic carbocycles. The van der Waals surface area contributed by atoms with Crippen molar-refractivity contribution < 1.29 is 8.94 Å². The number of fused-ring (bicyclic) bond motifs is 1. The van der Waals surface area contributed by atoms with Gasteiger partial charge in [-0.25, -0.2) is 19.3 Å². The summed E-state index contributed by atoms with van der Waals surface area (Å²) in [6.45, 7) is 0.545. The molecule has 7 nitrogen and oxygen atoms in total. The van der Waals surface area contributed by atoms with Gasteiger partial charge in [0.25, 0.3) is 0 Å². The highest BCUT2D eigenvalue weighted by Crippen LogP contribution is 2.29. The minimum atomic E-state index is -1.07. The number of H-pyrrole nitrogens is 1. The van der Waals surface area contributed by atoms with E-state index in [0.717, 1.165) is 31.1 Å². The summed E-state index contributed by atoms with van der Waals surface area (Å²) < 4.78 is 29.1. The van der Waals surface area contributed by atoms with Crippen LogP contribution in [0.4, 0.5) is 10.2 Å². The first-order valence-corrected chi connectivity index (χ1v) is 11.4. The van der Waals surface area contributed by atoms with Crippen molar-refractivity contribution in [3.8, 4) is 11.4 Å². The fourth-order valence-corrected chi connectivity index (χ4v) is 4.73. The van der Waals surface area contributed by atoms with Gasteiger partial charge in [-0.3, -0.25) is 0 Å². The lowest BCUT2D eigenvalue weighted by Crippen LogP contribution is -2.44. The summed E-state index contributed by atoms with van der Waals surface area (Å²) in [5, 5.41) is 4.41. The Balaban J connectivity index is 1.55. The van der Waals surface area contributed by atoms with Crippen LogP contribution in [0.5, 0.6) is 0 Å². The number of anilines is 1. The van der Waals surface area contributed by atoms with E-state index in [1.807, 2.05) is 0 Å². The standard InChI is InChI=1S/C19H22ClFN6OS/c1-29(28)27-16-5-3-2-4-11(16)7-22-19-15(21)10-25-18(26-19)14-9-24-17-13(14)6-12(20)8-23-17/h6,8-11,16,27H,2-5,7H2,1H3,(H,23,24)(H,22,25,26)/t11-,16+,29?/m0/s1. The number of hydrogen-bond acceptors (Lipinski definition) is 6. The van der Waals surface area contributed by atoms with Crippen LogP contribution in [0.25, 0.3) is 22.4 Å². The van der Waals surface area contributed by atoms with Crippen LogP contribution in [0.15, 0.2) is 24.7 Å². The predicted molar refractivity (Wildman–Crippen MR) is 114 cm³/mol. The van der Waals surface area contributed by atoms with E-state index < -0.39 is 17.2 Å². The molecule has 1 aliphatic rings. The maximum Gasteiger partial charge on any atom is 0.183 e. The van der Waals surface area contributed by atoms with Gasteiger partial charge in [0.2, 0.25) is 0 Å². The molecule has 29 heavy (non-hydrogen) atoms. The molecule has 1 unspecified atom stereocenters. The maximum absolute atomic E-state index is 14.4. The van der Waals surface area contributed by atoms with Crippen molar-refractivity contribution in [1.29, 1.82) is 0 Å². The minimum absolute atomic E-state index is 0.147. The van der Waals surface area contributed by atoms with Gasteiger partial charge in [0.1, 0.15) is 11.9 Å². The zero-order valence-corrected chi connectivity index (χ0v) is 17.5. The predicted octanol–water partition coefficient (Wildman–Crippen LogP) is 3.67. The number of hydrogen-bond donors (Lipinski definition) is 3. The van der Waals surface area contributed by atoms with Crippen molar-refractivity contribution >= 4 is 39.8 Å². The third kappa shape index (κ3) is 4.63. The maximum atomic E-state index is 14.4. The number of nitrogens with zero attached hydrogens (tertiary/aromatic N) is 3. The van der Waals surface area contributed by atoms with Crippen molar-refractivity contribution in [1.82, 2.24) is 24.7 Å². The number of aromatic nitrogens is 4. The fourth-order valence-electron chi connectivity index (χ4n) is 3.83. The molecular weight excluding hydrogens is 415 g/mol. The molecule has 0 amide bonds. The number of nitrogens with one attached hydrogen (secondary N) is 3. The van der Waals surface area contributed by atoms with Gasteiger partial charge in [0.05, 0.1) is 17.3 Å². The first-order valence-electron chi connectivity index (χ1n) is 9.50. The Morgan fingerprint density at radius 3 is 2.97 bits per heavy atom. The molecule has 0 radical (unpaired) electrons. The zero-order valence-electron chi connectivity index (χ0n) is 15.9. The largest absolute Gasteiger partial charge is 0.598 e. The molecule has 0 spiro atoms. The average molecular weight is 437 g/mol. The van der Waals surface area contributed by atoms with Gasteiger partial charge in [-0.2, -0.15) is 0 Å². The van der Waals surface area contributed by atoms with Gasteiger partial charge in [-0.05, 0) is 24.8 Å². The molecule has 0 saturated heterocycles. The summed E-state index contributed by atoms with van der Waals surface area (Å²) in [4.78, 5) is 15.8. The summed E-state index contributed by atoms with van der Waals surface area (Å²) in [5.74, 6) is 0.282. The monoisotopic (exact) mass is 436 g/mol. The highest BCUT2D eigenvalue weighted by molar-refractivity contribution is 7.88. The molecule has 4 rings (SSSR count). The van der Waals surface area contributed by atoms with Crippen LogP contribution in [0.3, 0.4) is 0 Å². The Kier molecular flexibility index (Phi) is 6.19. The highest BCUT2D eigenvalue weighted by Gasteiger charge is 2.28. The summed E-state index contributed by atoms with van der Waals surface area (Å²) in [5.41, 5.74) is 1.37. The van der Waals surface area contributed by atoms with Crippen LogP contribution in [0.1, 0.15) is 25.7 Å². The lowest BCUT2D eigenvalue weighted by Gasteiger charge is -2.31. The molecule has 0 bridgehead atoms. The molecule has 154 valence electrons. The molecule has 0 aliphatic heterocycles. The molecule has 3 aromatic rings. The van der Waals surface area contributed by atoms with Crippen LogP contribution in [0, 0.1) is 11.7 Å². The van der Waals surface area contributed by atoms with Crippen molar-refractivity contribution in [3.05, 3.63) is 35.5 Å². The Morgan fingerprint density at radius 2 is 2.14 bits per heavy atom. The zero-order chi connectivity index (χ0) is 20.4. The van der Waals surface area contributed by atoms with Crippen LogP contribution in [0.2, 0.25) is 5.02 Å². The Labute approximate surface area is 176 Å². The van der Waals surface area contributed by atoms with Crippen molar-refractivity contribution in [2.45, 2.75) is 31.7 Å². The number of rotatable bonds is 6. The summed E-state index contributed by atoms with van der Waals surface area (Å²) in [7, 11) is 0. The Morgan fingerprint density at radius 1 is 1.31 bits per heavy atom. The summed E-state index contributed by atoms with van der Waals surface area (Å²) >= 11 is 4.99. The molecular formula is C19H22ClFN6OS. The van der Waals surface area contributed by atoms with Crippen molar-refractivity contribution in [2.75, 3.05) is 18.1 Å². The number of halogens is 2. The lowest BCUT2D eigenvalue weighted by atomic mass is 9.85. The van der Waals surface area contributed by atoms with Gasteiger partial charge < -0.3 is 14.9 Å². The molecule has 1 aliphatic carbocycles. The highest BCUT2D eigenvalue weighted by atomic mass is 35.5. The summed E-state index contributed by atoms with van der Waals surface area (Å²) in [6.07, 6.45) is 10.3. The van der Waals surface area contributed by atoms with Crippen LogP contribution >= 0.6 is 11.6 Å². The number of aromatic amines is 1. The third-order valence-corrected chi connectivity index (χ3v) is 6.08. The quantitative estimate of drug-likeness (QED) is 0.509. The third-order valence-electron chi connectivity index (χ3n) is 5.24. The lowest BCUT2D eigenvalue weighted by molar-refractivity contribution is 0.301. The molecule has 3 N–H and O–H groups in total. The van der Waals surface area contributed by atoms with Gasteiger partial charge in [-0.15, -0.1) is 4.72 Å². The first-order chi connectivity index (χ1) is 14.0. The van der Waals surface area contributed by atoms with E-state index in [1.165, 1.54) is 6.20 Å². The SMILES string of the molecule is C[S+]([O-])N[C@@H]1CCCC[C@H]1CNc1nc(-c2c[nH]c3ncc(Cl)cc23)ncc1F. The van der Waals surface area contributed by atoms with Crippen molar-refractivity contribution in [2.24, 2.45) is 5.92 Å². The molecule has 3 atom stereocenters. The minimum Gasteiger partial charge on any atom is -0.598 e. The van der Waals surface area contributed by atoms with Crippen molar-refractivity contribution in [3.63, 3.8) is 0 Å². The number of pyridine rings is 1. The van der Waals surface area contributed by atoms with Gasteiger partial charge in [0, 0.05) is 41.3 Å². The molecule has 3 heterocycles. The fraction of sp³-hybridized carbons (Fsp3) is 0.421. The van der Waals surface area contributed by atoms with E-state index in [9.17, 15) is 8.94 Å². The van der Waals surface area contributed by atoms with Gasteiger partial charge >= 0.3 is 0 Å². The van der Waals surface area contributed by atoms with E-state index in [1.54, 1.807) is 24.7 Å².